The molecule has 2 aromatic carbocycles. The van der Waals surface area contributed by atoms with Crippen molar-refractivity contribution < 1.29 is 14.3 Å². The number of benzene rings is 2. The van der Waals surface area contributed by atoms with Gasteiger partial charge in [0.05, 0.1) is 0 Å². The molecule has 0 aromatic heterocycles. The summed E-state index contributed by atoms with van der Waals surface area (Å²) in [5.74, 6) is 2.29. The van der Waals surface area contributed by atoms with Crippen molar-refractivity contribution in [1.82, 2.24) is 10.9 Å². The number of rotatable bonds is 6. The molecule has 0 spiro atoms. The Kier molecular flexibility index (Phi) is 6.05. The summed E-state index contributed by atoms with van der Waals surface area (Å²) in [5.41, 5.74) is 6.50. The third kappa shape index (κ3) is 5.10. The van der Waals surface area contributed by atoms with Crippen LogP contribution in [0.15, 0.2) is 48.5 Å². The van der Waals surface area contributed by atoms with Crippen LogP contribution in [0, 0.1) is 17.8 Å². The Hall–Kier alpha value is -2.53. The zero-order valence-electron chi connectivity index (χ0n) is 16.2. The number of carbonyl (C=O) groups is 2. The smallest absolute Gasteiger partial charge is 0.269 e. The molecule has 3 atom stereocenters. The summed E-state index contributed by atoms with van der Waals surface area (Å²) in [5, 5.41) is 0.662. The van der Waals surface area contributed by atoms with Crippen molar-refractivity contribution in [2.45, 2.75) is 38.7 Å². The summed E-state index contributed by atoms with van der Waals surface area (Å²) in [6, 6.07) is 14.3. The van der Waals surface area contributed by atoms with Gasteiger partial charge in [0.15, 0.2) is 0 Å². The molecule has 2 N–H and O–H groups in total. The molecule has 0 aliphatic heterocycles. The number of nitrogens with one attached hydrogen (secondary N) is 2. The molecule has 5 nitrogen and oxygen atoms in total. The van der Waals surface area contributed by atoms with Crippen molar-refractivity contribution in [3.8, 4) is 5.75 Å². The van der Waals surface area contributed by atoms with Crippen LogP contribution in [0.1, 0.15) is 48.0 Å². The maximum atomic E-state index is 12.3. The van der Waals surface area contributed by atoms with Crippen molar-refractivity contribution in [1.29, 1.82) is 0 Å². The van der Waals surface area contributed by atoms with Crippen LogP contribution in [-0.4, -0.2) is 11.8 Å². The number of ether oxygens (including phenoxy) is 1. The first kappa shape index (κ1) is 19.8. The van der Waals surface area contributed by atoms with E-state index in [2.05, 4.69) is 10.9 Å². The predicted octanol–water partition coefficient (Wildman–Crippen LogP) is 4.51. The second-order valence-corrected chi connectivity index (χ2v) is 8.52. The van der Waals surface area contributed by atoms with Crippen LogP contribution < -0.4 is 15.6 Å². The molecule has 2 aromatic rings. The van der Waals surface area contributed by atoms with Crippen molar-refractivity contribution in [3.63, 3.8) is 0 Å². The quantitative estimate of drug-likeness (QED) is 0.686. The number of hydrogen-bond acceptors (Lipinski definition) is 3. The Labute approximate surface area is 175 Å². The summed E-state index contributed by atoms with van der Waals surface area (Å²) in [6.07, 6.45) is 5.51. The Morgan fingerprint density at radius 1 is 0.966 bits per heavy atom. The van der Waals surface area contributed by atoms with Gasteiger partial charge in [-0.2, -0.15) is 0 Å². The van der Waals surface area contributed by atoms with Gasteiger partial charge in [-0.05, 0) is 79.0 Å². The molecule has 0 heterocycles. The van der Waals surface area contributed by atoms with Crippen LogP contribution in [-0.2, 0) is 11.4 Å². The fourth-order valence-electron chi connectivity index (χ4n) is 4.56. The maximum Gasteiger partial charge on any atom is 0.269 e. The minimum absolute atomic E-state index is 0.108. The lowest BCUT2D eigenvalue weighted by Crippen LogP contribution is -2.42. The Morgan fingerprint density at radius 3 is 2.38 bits per heavy atom. The molecule has 0 unspecified atom stereocenters. The van der Waals surface area contributed by atoms with Crippen LogP contribution in [0.25, 0.3) is 0 Å². The van der Waals surface area contributed by atoms with Crippen molar-refractivity contribution >= 4 is 23.4 Å². The first-order chi connectivity index (χ1) is 14.1. The average molecular weight is 413 g/mol. The molecule has 0 radical (unpaired) electrons. The van der Waals surface area contributed by atoms with Crippen LogP contribution in [0.2, 0.25) is 5.02 Å². The van der Waals surface area contributed by atoms with Gasteiger partial charge in [-0.25, -0.2) is 0 Å². The molecule has 2 amide bonds. The van der Waals surface area contributed by atoms with E-state index in [-0.39, 0.29) is 11.8 Å². The Balaban J connectivity index is 1.21. The van der Waals surface area contributed by atoms with Crippen molar-refractivity contribution in [3.05, 3.63) is 64.7 Å². The van der Waals surface area contributed by atoms with Crippen LogP contribution in [0.5, 0.6) is 5.75 Å². The molecule has 152 valence electrons. The highest BCUT2D eigenvalue weighted by atomic mass is 35.5. The van der Waals surface area contributed by atoms with Gasteiger partial charge in [0, 0.05) is 17.0 Å². The number of hydrazine groups is 1. The van der Waals surface area contributed by atoms with E-state index in [1.807, 2.05) is 24.3 Å². The van der Waals surface area contributed by atoms with Gasteiger partial charge >= 0.3 is 0 Å². The molecular formula is C23H25ClN2O3. The summed E-state index contributed by atoms with van der Waals surface area (Å²) >= 11 is 5.86. The van der Waals surface area contributed by atoms with Gasteiger partial charge in [0.25, 0.3) is 5.91 Å². The number of amides is 2. The van der Waals surface area contributed by atoms with E-state index in [0.717, 1.165) is 23.7 Å². The van der Waals surface area contributed by atoms with Gasteiger partial charge in [-0.3, -0.25) is 20.4 Å². The van der Waals surface area contributed by atoms with Gasteiger partial charge in [0.1, 0.15) is 12.4 Å². The van der Waals surface area contributed by atoms with E-state index < -0.39 is 0 Å². The summed E-state index contributed by atoms with van der Waals surface area (Å²) < 4.78 is 5.69. The molecular weight excluding hydrogens is 388 g/mol. The van der Waals surface area contributed by atoms with Gasteiger partial charge in [0.2, 0.25) is 5.91 Å². The molecule has 2 saturated carbocycles. The largest absolute Gasteiger partial charge is 0.489 e. The van der Waals surface area contributed by atoms with Crippen LogP contribution in [0.3, 0.4) is 0 Å². The minimum Gasteiger partial charge on any atom is -0.489 e. The van der Waals surface area contributed by atoms with Gasteiger partial charge < -0.3 is 4.74 Å². The number of halogens is 1. The van der Waals surface area contributed by atoms with Gasteiger partial charge in [-0.15, -0.1) is 0 Å². The van der Waals surface area contributed by atoms with E-state index in [1.165, 1.54) is 19.3 Å². The van der Waals surface area contributed by atoms with Gasteiger partial charge in [-0.1, -0.05) is 30.2 Å². The summed E-state index contributed by atoms with van der Waals surface area (Å²) in [4.78, 5) is 24.4. The fourth-order valence-corrected chi connectivity index (χ4v) is 4.69. The standard InChI is InChI=1S/C23H25ClN2O3/c24-20-7-9-21(10-8-20)29-14-15-1-4-17(5-2-15)23(28)26-25-22(27)13-19-12-16-3-6-18(19)11-16/h1-2,4-5,7-10,16,18-19H,3,6,11-14H2,(H,25,27)(H,26,28)/t16-,18-,19-/m1/s1. The van der Waals surface area contributed by atoms with E-state index >= 15 is 0 Å². The number of hydrogen-bond donors (Lipinski definition) is 2. The molecule has 2 aliphatic carbocycles. The van der Waals surface area contributed by atoms with Crippen molar-refractivity contribution in [2.24, 2.45) is 17.8 Å². The lowest BCUT2D eigenvalue weighted by Gasteiger charge is -2.20. The van der Waals surface area contributed by atoms with E-state index in [9.17, 15) is 9.59 Å². The molecule has 2 fully saturated rings. The fraction of sp³-hybridized carbons (Fsp3) is 0.391. The third-order valence-electron chi connectivity index (χ3n) is 6.08. The zero-order valence-corrected chi connectivity index (χ0v) is 17.0. The average Bonchev–Trinajstić information content (AvgIpc) is 3.35. The highest BCUT2D eigenvalue weighted by molar-refractivity contribution is 6.30. The zero-order chi connectivity index (χ0) is 20.2. The van der Waals surface area contributed by atoms with E-state index in [4.69, 9.17) is 16.3 Å². The third-order valence-corrected chi connectivity index (χ3v) is 6.33. The summed E-state index contributed by atoms with van der Waals surface area (Å²) in [6.45, 7) is 0.393. The lowest BCUT2D eigenvalue weighted by atomic mass is 9.86. The number of fused-ring (bicyclic) bond motifs is 2. The molecule has 6 heteroatoms. The normalized spacial score (nSPS) is 22.3. The first-order valence-electron chi connectivity index (χ1n) is 10.1. The molecule has 4 rings (SSSR count). The minimum atomic E-state index is -0.323. The van der Waals surface area contributed by atoms with Crippen molar-refractivity contribution in [2.75, 3.05) is 0 Å². The Morgan fingerprint density at radius 2 is 1.72 bits per heavy atom. The SMILES string of the molecule is O=C(C[C@H]1C[C@@H]2CC[C@@H]1C2)NNC(=O)c1ccc(COc2ccc(Cl)cc2)cc1. The Bertz CT molecular complexity index is 867. The lowest BCUT2D eigenvalue weighted by molar-refractivity contribution is -0.123. The second-order valence-electron chi connectivity index (χ2n) is 8.08. The highest BCUT2D eigenvalue weighted by Crippen LogP contribution is 2.49. The van der Waals surface area contributed by atoms with Crippen LogP contribution in [0.4, 0.5) is 0 Å². The van der Waals surface area contributed by atoms with Crippen LogP contribution >= 0.6 is 11.6 Å². The van der Waals surface area contributed by atoms with E-state index in [1.54, 1.807) is 24.3 Å². The maximum absolute atomic E-state index is 12.3. The predicted molar refractivity (Wildman–Crippen MR) is 111 cm³/mol. The molecule has 0 saturated heterocycles. The summed E-state index contributed by atoms with van der Waals surface area (Å²) in [7, 11) is 0. The first-order valence-corrected chi connectivity index (χ1v) is 10.5. The second kappa shape index (κ2) is 8.87. The van der Waals surface area contributed by atoms with E-state index in [0.29, 0.717) is 35.4 Å². The molecule has 29 heavy (non-hydrogen) atoms. The molecule has 2 bridgehead atoms. The molecule has 2 aliphatic rings. The number of carbonyl (C=O) groups excluding carboxylic acids is 2. The highest BCUT2D eigenvalue weighted by Gasteiger charge is 2.40. The topological polar surface area (TPSA) is 67.4 Å². The monoisotopic (exact) mass is 412 g/mol.